The minimum atomic E-state index is -0.0851. The molecule has 2 atom stereocenters. The fourth-order valence-electron chi connectivity index (χ4n) is 3.85. The molecule has 2 aliphatic rings. The van der Waals surface area contributed by atoms with Crippen molar-refractivity contribution in [3.05, 3.63) is 29.8 Å². The van der Waals surface area contributed by atoms with E-state index in [4.69, 9.17) is 4.74 Å². The first-order valence-electron chi connectivity index (χ1n) is 9.13. The van der Waals surface area contributed by atoms with Crippen molar-refractivity contribution in [1.82, 2.24) is 10.2 Å². The van der Waals surface area contributed by atoms with Crippen LogP contribution in [0.4, 0.5) is 10.5 Å². The molecule has 1 saturated heterocycles. The van der Waals surface area contributed by atoms with Crippen LogP contribution < -0.4 is 10.6 Å². The molecule has 24 heavy (non-hydrogen) atoms. The number of urea groups is 1. The molecule has 2 N–H and O–H groups in total. The van der Waals surface area contributed by atoms with Crippen molar-refractivity contribution in [3.63, 3.8) is 0 Å². The number of rotatable bonds is 4. The van der Waals surface area contributed by atoms with E-state index in [9.17, 15) is 4.79 Å². The first-order chi connectivity index (χ1) is 11.6. The maximum absolute atomic E-state index is 12.3. The van der Waals surface area contributed by atoms with Gasteiger partial charge in [0.15, 0.2) is 0 Å². The number of morpholine rings is 1. The lowest BCUT2D eigenvalue weighted by Gasteiger charge is -2.35. The van der Waals surface area contributed by atoms with Crippen molar-refractivity contribution >= 4 is 11.7 Å². The van der Waals surface area contributed by atoms with Gasteiger partial charge in [-0.3, -0.25) is 4.90 Å². The van der Waals surface area contributed by atoms with Crippen LogP contribution in [0.1, 0.15) is 45.1 Å². The van der Waals surface area contributed by atoms with Gasteiger partial charge in [0.05, 0.1) is 12.2 Å². The standard InChI is InChI=1S/C19H29N3O2/c1-14-11-22(12-15(2)24-14)13-16-7-3-6-10-18(16)21-19(23)20-17-8-4-5-9-17/h3,6-7,10,14-15,17H,4-5,8-9,11-13H2,1-2H3,(H2,20,21,23). The number of carbonyl (C=O) groups is 1. The average molecular weight is 331 g/mol. The molecule has 1 heterocycles. The first-order valence-corrected chi connectivity index (χ1v) is 9.13. The summed E-state index contributed by atoms with van der Waals surface area (Å²) in [6.45, 7) is 6.90. The highest BCUT2D eigenvalue weighted by Crippen LogP contribution is 2.21. The van der Waals surface area contributed by atoms with E-state index < -0.39 is 0 Å². The summed E-state index contributed by atoms with van der Waals surface area (Å²) in [7, 11) is 0. The van der Waals surface area contributed by atoms with Crippen LogP contribution in [0.2, 0.25) is 0 Å². The fourth-order valence-corrected chi connectivity index (χ4v) is 3.85. The van der Waals surface area contributed by atoms with Crippen molar-refractivity contribution in [3.8, 4) is 0 Å². The molecule has 0 radical (unpaired) electrons. The number of ether oxygens (including phenoxy) is 1. The van der Waals surface area contributed by atoms with Crippen LogP contribution in [0.3, 0.4) is 0 Å². The summed E-state index contributed by atoms with van der Waals surface area (Å²) in [5.41, 5.74) is 2.06. The molecule has 132 valence electrons. The topological polar surface area (TPSA) is 53.6 Å². The molecule has 1 aliphatic heterocycles. The van der Waals surface area contributed by atoms with Gasteiger partial charge in [-0.1, -0.05) is 31.0 Å². The van der Waals surface area contributed by atoms with Crippen molar-refractivity contribution in [2.45, 2.75) is 64.3 Å². The van der Waals surface area contributed by atoms with Crippen molar-refractivity contribution in [1.29, 1.82) is 0 Å². The normalized spacial score (nSPS) is 25.6. The largest absolute Gasteiger partial charge is 0.373 e. The molecule has 1 aromatic rings. The van der Waals surface area contributed by atoms with E-state index in [0.717, 1.165) is 43.7 Å². The molecule has 2 amide bonds. The highest BCUT2D eigenvalue weighted by molar-refractivity contribution is 5.90. The molecule has 2 fully saturated rings. The molecule has 0 aromatic heterocycles. The van der Waals surface area contributed by atoms with Crippen LogP contribution in [-0.4, -0.2) is 42.3 Å². The highest BCUT2D eigenvalue weighted by Gasteiger charge is 2.23. The molecule has 5 heteroatoms. The Morgan fingerprint density at radius 3 is 2.54 bits per heavy atom. The SMILES string of the molecule is CC1CN(Cc2ccccc2NC(=O)NC2CCCC2)CC(C)O1. The van der Waals surface area contributed by atoms with E-state index in [1.54, 1.807) is 0 Å². The molecule has 1 aromatic carbocycles. The molecule has 3 rings (SSSR count). The molecule has 5 nitrogen and oxygen atoms in total. The van der Waals surface area contributed by atoms with E-state index in [1.807, 2.05) is 18.2 Å². The van der Waals surface area contributed by atoms with Crippen LogP contribution >= 0.6 is 0 Å². The van der Waals surface area contributed by atoms with Crippen molar-refractivity contribution in [2.75, 3.05) is 18.4 Å². The summed E-state index contributed by atoms with van der Waals surface area (Å²) in [6, 6.07) is 8.32. The van der Waals surface area contributed by atoms with Crippen molar-refractivity contribution < 1.29 is 9.53 Å². The number of hydrogen-bond acceptors (Lipinski definition) is 3. The van der Waals surface area contributed by atoms with E-state index in [2.05, 4.69) is 35.4 Å². The van der Waals surface area contributed by atoms with E-state index in [1.165, 1.54) is 12.8 Å². The van der Waals surface area contributed by atoms with Crippen LogP contribution in [0.5, 0.6) is 0 Å². The minimum absolute atomic E-state index is 0.0851. The van der Waals surface area contributed by atoms with E-state index in [-0.39, 0.29) is 18.2 Å². The van der Waals surface area contributed by atoms with Gasteiger partial charge in [-0.15, -0.1) is 0 Å². The zero-order valence-electron chi connectivity index (χ0n) is 14.8. The Balaban J connectivity index is 1.61. The summed E-state index contributed by atoms with van der Waals surface area (Å²) >= 11 is 0. The predicted octanol–water partition coefficient (Wildman–Crippen LogP) is 3.36. The summed E-state index contributed by atoms with van der Waals surface area (Å²) in [5.74, 6) is 0. The lowest BCUT2D eigenvalue weighted by atomic mass is 10.1. The molecular formula is C19H29N3O2. The number of amides is 2. The quantitative estimate of drug-likeness (QED) is 0.889. The van der Waals surface area contributed by atoms with Gasteiger partial charge in [0.1, 0.15) is 0 Å². The number of nitrogens with one attached hydrogen (secondary N) is 2. The Hall–Kier alpha value is -1.59. The Morgan fingerprint density at radius 2 is 1.83 bits per heavy atom. The van der Waals surface area contributed by atoms with Gasteiger partial charge in [-0.05, 0) is 38.3 Å². The van der Waals surface area contributed by atoms with Gasteiger partial charge < -0.3 is 15.4 Å². The highest BCUT2D eigenvalue weighted by atomic mass is 16.5. The zero-order valence-corrected chi connectivity index (χ0v) is 14.8. The summed E-state index contributed by atoms with van der Waals surface area (Å²) in [6.07, 6.45) is 5.13. The number of benzene rings is 1. The van der Waals surface area contributed by atoms with Gasteiger partial charge in [-0.2, -0.15) is 0 Å². The number of carbonyl (C=O) groups excluding carboxylic acids is 1. The summed E-state index contributed by atoms with van der Waals surface area (Å²) in [4.78, 5) is 14.7. The lowest BCUT2D eigenvalue weighted by Crippen LogP contribution is -2.45. The monoisotopic (exact) mass is 331 g/mol. The van der Waals surface area contributed by atoms with Gasteiger partial charge in [0.25, 0.3) is 0 Å². The molecule has 0 bridgehead atoms. The molecule has 1 saturated carbocycles. The third-order valence-electron chi connectivity index (χ3n) is 4.85. The Bertz CT molecular complexity index is 547. The number of anilines is 1. The molecular weight excluding hydrogens is 302 g/mol. The third kappa shape index (κ3) is 4.71. The Morgan fingerprint density at radius 1 is 1.17 bits per heavy atom. The molecule has 2 unspecified atom stereocenters. The minimum Gasteiger partial charge on any atom is -0.373 e. The van der Waals surface area contributed by atoms with Gasteiger partial charge >= 0.3 is 6.03 Å². The summed E-state index contributed by atoms with van der Waals surface area (Å²) in [5, 5.41) is 6.13. The van der Waals surface area contributed by atoms with E-state index >= 15 is 0 Å². The second kappa shape index (κ2) is 7.99. The average Bonchev–Trinajstić information content (AvgIpc) is 3.01. The first kappa shape index (κ1) is 17.2. The second-order valence-electron chi connectivity index (χ2n) is 7.19. The fraction of sp³-hybridized carbons (Fsp3) is 0.632. The van der Waals surface area contributed by atoms with Gasteiger partial charge in [-0.25, -0.2) is 4.79 Å². The number of nitrogens with zero attached hydrogens (tertiary/aromatic N) is 1. The third-order valence-corrected chi connectivity index (χ3v) is 4.85. The van der Waals surface area contributed by atoms with Crippen LogP contribution in [0.15, 0.2) is 24.3 Å². The Labute approximate surface area is 144 Å². The Kier molecular flexibility index (Phi) is 5.74. The second-order valence-corrected chi connectivity index (χ2v) is 7.19. The number of hydrogen-bond donors (Lipinski definition) is 2. The number of para-hydroxylation sites is 1. The predicted molar refractivity (Wildman–Crippen MR) is 96.1 cm³/mol. The van der Waals surface area contributed by atoms with Crippen molar-refractivity contribution in [2.24, 2.45) is 0 Å². The molecule has 1 aliphatic carbocycles. The molecule has 0 spiro atoms. The zero-order chi connectivity index (χ0) is 16.9. The summed E-state index contributed by atoms with van der Waals surface area (Å²) < 4.78 is 5.80. The smallest absolute Gasteiger partial charge is 0.319 e. The maximum atomic E-state index is 12.3. The van der Waals surface area contributed by atoms with E-state index in [0.29, 0.717) is 6.04 Å². The van der Waals surface area contributed by atoms with Crippen LogP contribution in [0.25, 0.3) is 0 Å². The van der Waals surface area contributed by atoms with Crippen LogP contribution in [0, 0.1) is 0 Å². The van der Waals surface area contributed by atoms with Crippen LogP contribution in [-0.2, 0) is 11.3 Å². The van der Waals surface area contributed by atoms with Gasteiger partial charge in [0.2, 0.25) is 0 Å². The van der Waals surface area contributed by atoms with Gasteiger partial charge in [0, 0.05) is 31.4 Å². The lowest BCUT2D eigenvalue weighted by molar-refractivity contribution is -0.0704. The maximum Gasteiger partial charge on any atom is 0.319 e.